The number of amides is 1. The summed E-state index contributed by atoms with van der Waals surface area (Å²) in [6, 6.07) is 10.8. The molecule has 36 heavy (non-hydrogen) atoms. The van der Waals surface area contributed by atoms with Crippen LogP contribution in [-0.2, 0) is 19.6 Å². The number of aryl methyl sites for hydroxylation is 1. The number of nitriles is 1. The van der Waals surface area contributed by atoms with E-state index in [0.717, 1.165) is 30.3 Å². The molecule has 190 valence electrons. The highest BCUT2D eigenvalue weighted by atomic mass is 16.5. The number of piperidine rings is 1. The van der Waals surface area contributed by atoms with Gasteiger partial charge in [-0.3, -0.25) is 0 Å². The third kappa shape index (κ3) is 5.44. The number of aliphatic hydroxyl groups excluding tert-OH is 1. The van der Waals surface area contributed by atoms with Crippen LogP contribution in [0.5, 0.6) is 5.75 Å². The molecule has 0 bridgehead atoms. The van der Waals surface area contributed by atoms with Crippen molar-refractivity contribution >= 4 is 17.1 Å². The van der Waals surface area contributed by atoms with Gasteiger partial charge in [-0.1, -0.05) is 32.0 Å². The first-order valence-corrected chi connectivity index (χ1v) is 12.2. The van der Waals surface area contributed by atoms with Crippen molar-refractivity contribution in [2.45, 2.75) is 65.7 Å². The Balaban J connectivity index is 1.46. The quantitative estimate of drug-likeness (QED) is 0.476. The SMILES string of the molecule is CC(C)(C)C1CC(CCc2noc3c(CO)c(OCc4cccc(C#N)n4)ccc23)CCN1C(=O)O. The monoisotopic (exact) mass is 492 g/mol. The number of aliphatic hydroxyl groups is 1. The number of hydrogen-bond acceptors (Lipinski definition) is 7. The van der Waals surface area contributed by atoms with Crippen molar-refractivity contribution < 1.29 is 24.3 Å². The summed E-state index contributed by atoms with van der Waals surface area (Å²) in [6.45, 7) is 6.70. The number of carbonyl (C=O) groups is 1. The van der Waals surface area contributed by atoms with Gasteiger partial charge >= 0.3 is 6.09 Å². The molecule has 0 radical (unpaired) electrons. The lowest BCUT2D eigenvalue weighted by Crippen LogP contribution is -2.51. The van der Waals surface area contributed by atoms with E-state index in [9.17, 15) is 15.0 Å². The Kier molecular flexibility index (Phi) is 7.45. The number of pyridine rings is 1. The molecule has 0 aliphatic carbocycles. The van der Waals surface area contributed by atoms with Crippen LogP contribution in [0.25, 0.3) is 11.0 Å². The molecule has 1 amide bonds. The van der Waals surface area contributed by atoms with Crippen molar-refractivity contribution in [3.8, 4) is 11.8 Å². The first kappa shape index (κ1) is 25.5. The van der Waals surface area contributed by atoms with E-state index in [1.165, 1.54) is 0 Å². The molecule has 2 atom stereocenters. The zero-order valence-electron chi connectivity index (χ0n) is 20.9. The Morgan fingerprint density at radius 3 is 2.81 bits per heavy atom. The smallest absolute Gasteiger partial charge is 0.407 e. The van der Waals surface area contributed by atoms with E-state index in [1.807, 2.05) is 12.1 Å². The van der Waals surface area contributed by atoms with Crippen LogP contribution in [0.1, 0.15) is 62.7 Å². The lowest BCUT2D eigenvalue weighted by molar-refractivity contribution is 0.0390. The molecule has 3 heterocycles. The summed E-state index contributed by atoms with van der Waals surface area (Å²) in [5.74, 6) is 0.874. The summed E-state index contributed by atoms with van der Waals surface area (Å²) >= 11 is 0. The maximum atomic E-state index is 11.7. The molecular weight excluding hydrogens is 460 g/mol. The number of nitrogens with zero attached hydrogens (tertiary/aromatic N) is 4. The molecule has 2 unspecified atom stereocenters. The number of rotatable bonds is 7. The van der Waals surface area contributed by atoms with Gasteiger partial charge in [-0.05, 0) is 61.3 Å². The molecule has 1 aliphatic rings. The van der Waals surface area contributed by atoms with E-state index >= 15 is 0 Å². The minimum Gasteiger partial charge on any atom is -0.487 e. The summed E-state index contributed by atoms with van der Waals surface area (Å²) in [5.41, 5.74) is 2.63. The second kappa shape index (κ2) is 10.5. The molecule has 9 heteroatoms. The summed E-state index contributed by atoms with van der Waals surface area (Å²) in [7, 11) is 0. The Labute approximate surface area is 210 Å². The van der Waals surface area contributed by atoms with Gasteiger partial charge in [0.15, 0.2) is 5.58 Å². The van der Waals surface area contributed by atoms with Crippen LogP contribution < -0.4 is 4.74 Å². The van der Waals surface area contributed by atoms with E-state index in [2.05, 4.69) is 30.9 Å². The van der Waals surface area contributed by atoms with Gasteiger partial charge in [-0.2, -0.15) is 5.26 Å². The number of benzene rings is 1. The lowest BCUT2D eigenvalue weighted by atomic mass is 9.76. The Bertz CT molecular complexity index is 1270. The zero-order chi connectivity index (χ0) is 25.9. The van der Waals surface area contributed by atoms with Crippen LogP contribution in [0.2, 0.25) is 0 Å². The van der Waals surface area contributed by atoms with Gasteiger partial charge in [-0.25, -0.2) is 9.78 Å². The summed E-state index contributed by atoms with van der Waals surface area (Å²) < 4.78 is 11.5. The zero-order valence-corrected chi connectivity index (χ0v) is 20.9. The molecule has 2 N–H and O–H groups in total. The van der Waals surface area contributed by atoms with Crippen molar-refractivity contribution in [3.63, 3.8) is 0 Å². The first-order valence-electron chi connectivity index (χ1n) is 12.2. The second-order valence-corrected chi connectivity index (χ2v) is 10.4. The molecular formula is C27H32N4O5. The average Bonchev–Trinajstić information content (AvgIpc) is 3.28. The van der Waals surface area contributed by atoms with Gasteiger partial charge in [0, 0.05) is 18.0 Å². The third-order valence-electron chi connectivity index (χ3n) is 6.98. The molecule has 1 saturated heterocycles. The maximum absolute atomic E-state index is 11.7. The molecule has 0 spiro atoms. The molecule has 4 rings (SSSR count). The fraction of sp³-hybridized carbons (Fsp3) is 0.481. The fourth-order valence-corrected chi connectivity index (χ4v) is 5.02. The van der Waals surface area contributed by atoms with Gasteiger partial charge in [0.25, 0.3) is 0 Å². The van der Waals surface area contributed by atoms with Crippen LogP contribution in [0.15, 0.2) is 34.9 Å². The minimum absolute atomic E-state index is 0.0214. The Morgan fingerprint density at radius 2 is 2.11 bits per heavy atom. The molecule has 1 aliphatic heterocycles. The van der Waals surface area contributed by atoms with Crippen LogP contribution in [-0.4, -0.2) is 43.9 Å². The highest BCUT2D eigenvalue weighted by molar-refractivity contribution is 5.84. The van der Waals surface area contributed by atoms with Crippen molar-refractivity contribution in [1.29, 1.82) is 5.26 Å². The summed E-state index contributed by atoms with van der Waals surface area (Å²) in [4.78, 5) is 17.5. The average molecular weight is 493 g/mol. The van der Waals surface area contributed by atoms with Crippen LogP contribution in [0.4, 0.5) is 4.79 Å². The largest absolute Gasteiger partial charge is 0.487 e. The van der Waals surface area contributed by atoms with Crippen molar-refractivity contribution in [3.05, 3.63) is 53.0 Å². The molecule has 1 fully saturated rings. The molecule has 2 aromatic heterocycles. The molecule has 1 aromatic carbocycles. The van der Waals surface area contributed by atoms with E-state index < -0.39 is 6.09 Å². The number of aromatic nitrogens is 2. The van der Waals surface area contributed by atoms with E-state index in [0.29, 0.717) is 47.2 Å². The van der Waals surface area contributed by atoms with Crippen molar-refractivity contribution in [2.24, 2.45) is 11.3 Å². The topological polar surface area (TPSA) is 133 Å². The van der Waals surface area contributed by atoms with Gasteiger partial charge in [0.1, 0.15) is 24.1 Å². The van der Waals surface area contributed by atoms with Crippen LogP contribution in [0.3, 0.4) is 0 Å². The lowest BCUT2D eigenvalue weighted by Gasteiger charge is -2.44. The highest BCUT2D eigenvalue weighted by Gasteiger charge is 2.38. The molecule has 9 nitrogen and oxygen atoms in total. The fourth-order valence-electron chi connectivity index (χ4n) is 5.02. The minimum atomic E-state index is -0.848. The second-order valence-electron chi connectivity index (χ2n) is 10.4. The third-order valence-corrected chi connectivity index (χ3v) is 6.98. The Hall–Kier alpha value is -3.64. The van der Waals surface area contributed by atoms with Gasteiger partial charge in [-0.15, -0.1) is 0 Å². The van der Waals surface area contributed by atoms with Crippen LogP contribution in [0, 0.1) is 22.7 Å². The number of hydrogen-bond donors (Lipinski definition) is 2. The number of ether oxygens (including phenoxy) is 1. The molecule has 0 saturated carbocycles. The van der Waals surface area contributed by atoms with E-state index in [-0.39, 0.29) is 24.7 Å². The number of likely N-dealkylation sites (tertiary alicyclic amines) is 1. The predicted molar refractivity (Wildman–Crippen MR) is 132 cm³/mol. The highest BCUT2D eigenvalue weighted by Crippen LogP contribution is 2.37. The Morgan fingerprint density at radius 1 is 1.31 bits per heavy atom. The van der Waals surface area contributed by atoms with Crippen molar-refractivity contribution in [2.75, 3.05) is 6.54 Å². The number of carboxylic acid groups (broad SMARTS) is 1. The summed E-state index contributed by atoms with van der Waals surface area (Å²) in [6.07, 6.45) is 2.40. The van der Waals surface area contributed by atoms with Crippen molar-refractivity contribution in [1.82, 2.24) is 15.0 Å². The van der Waals surface area contributed by atoms with Gasteiger partial charge in [0.2, 0.25) is 0 Å². The molecule has 3 aromatic rings. The summed E-state index contributed by atoms with van der Waals surface area (Å²) in [5, 5.41) is 33.8. The van der Waals surface area contributed by atoms with Gasteiger partial charge in [0.05, 0.1) is 23.6 Å². The predicted octanol–water partition coefficient (Wildman–Crippen LogP) is 4.90. The normalized spacial score (nSPS) is 18.2. The van der Waals surface area contributed by atoms with Crippen LogP contribution >= 0.6 is 0 Å². The maximum Gasteiger partial charge on any atom is 0.407 e. The number of fused-ring (bicyclic) bond motifs is 1. The van der Waals surface area contributed by atoms with E-state index in [4.69, 9.17) is 14.5 Å². The standard InChI is InChI=1S/C27H32N4O5/c1-27(2,3)24-13-17(11-12-31(24)26(33)34)7-9-22-20-8-10-23(21(15-32)25(20)36-30-22)35-16-19-6-4-5-18(14-28)29-19/h4-6,8,10,17,24,32H,7,9,11-13,15-16H2,1-3H3,(H,33,34). The first-order chi connectivity index (χ1) is 17.2. The van der Waals surface area contributed by atoms with E-state index in [1.54, 1.807) is 29.2 Å². The van der Waals surface area contributed by atoms with Gasteiger partial charge < -0.3 is 24.4 Å².